The Morgan fingerprint density at radius 3 is 3.00 bits per heavy atom. The Labute approximate surface area is 106 Å². The van der Waals surface area contributed by atoms with Crippen molar-refractivity contribution in [3.63, 3.8) is 0 Å². The SMILES string of the molecule is O=c1c2cc(Cl)ccc2cc2n1CCC[S+]2[O-]. The summed E-state index contributed by atoms with van der Waals surface area (Å²) in [4.78, 5) is 12.2. The van der Waals surface area contributed by atoms with Gasteiger partial charge in [0.2, 0.25) is 5.03 Å². The van der Waals surface area contributed by atoms with Crippen LogP contribution in [0.1, 0.15) is 6.42 Å². The maximum atomic E-state index is 12.2. The maximum absolute atomic E-state index is 12.2. The van der Waals surface area contributed by atoms with E-state index in [2.05, 4.69) is 0 Å². The summed E-state index contributed by atoms with van der Waals surface area (Å²) in [5, 5.41) is 2.59. The molecule has 2 aromatic rings. The molecule has 1 aromatic heterocycles. The molecule has 0 aliphatic carbocycles. The third-order valence-corrected chi connectivity index (χ3v) is 4.68. The van der Waals surface area contributed by atoms with Crippen molar-refractivity contribution in [2.24, 2.45) is 0 Å². The van der Waals surface area contributed by atoms with Crippen LogP contribution in [0, 0.1) is 0 Å². The van der Waals surface area contributed by atoms with Crippen LogP contribution >= 0.6 is 11.6 Å². The molecule has 0 radical (unpaired) electrons. The van der Waals surface area contributed by atoms with Crippen LogP contribution in [-0.4, -0.2) is 14.9 Å². The summed E-state index contributed by atoms with van der Waals surface area (Å²) in [6, 6.07) is 7.05. The molecule has 0 N–H and O–H groups in total. The zero-order valence-corrected chi connectivity index (χ0v) is 10.6. The standard InChI is InChI=1S/C12H10ClNO2S/c13-9-3-2-8-6-11-14(4-1-5-17(11)16)12(15)10(8)7-9/h2-3,6-7H,1,4-5H2. The molecule has 88 valence electrons. The van der Waals surface area contributed by atoms with Crippen molar-refractivity contribution in [3.8, 4) is 0 Å². The van der Waals surface area contributed by atoms with E-state index in [-0.39, 0.29) is 5.56 Å². The molecule has 0 spiro atoms. The van der Waals surface area contributed by atoms with Gasteiger partial charge in [0.15, 0.2) is 0 Å². The molecular formula is C12H10ClNO2S. The van der Waals surface area contributed by atoms with Crippen molar-refractivity contribution in [2.75, 3.05) is 5.75 Å². The Bertz CT molecular complexity index is 653. The third-order valence-electron chi connectivity index (χ3n) is 2.98. The van der Waals surface area contributed by atoms with Gasteiger partial charge in [-0.1, -0.05) is 17.7 Å². The van der Waals surface area contributed by atoms with E-state index in [0.717, 1.165) is 11.8 Å². The Kier molecular flexibility index (Phi) is 2.65. The molecule has 0 amide bonds. The number of benzene rings is 1. The zero-order valence-electron chi connectivity index (χ0n) is 8.98. The van der Waals surface area contributed by atoms with Crippen molar-refractivity contribution < 1.29 is 4.55 Å². The van der Waals surface area contributed by atoms with Crippen LogP contribution in [0.4, 0.5) is 0 Å². The molecular weight excluding hydrogens is 258 g/mol. The molecule has 1 aliphatic heterocycles. The van der Waals surface area contributed by atoms with E-state index in [9.17, 15) is 9.35 Å². The lowest BCUT2D eigenvalue weighted by Gasteiger charge is -2.21. The number of fused-ring (bicyclic) bond motifs is 2. The van der Waals surface area contributed by atoms with Crippen LogP contribution in [-0.2, 0) is 17.7 Å². The molecule has 17 heavy (non-hydrogen) atoms. The minimum atomic E-state index is -1.06. The molecule has 0 saturated heterocycles. The molecule has 0 saturated carbocycles. The molecule has 0 bridgehead atoms. The monoisotopic (exact) mass is 267 g/mol. The number of pyridine rings is 1. The number of hydrogen-bond acceptors (Lipinski definition) is 2. The van der Waals surface area contributed by atoms with Gasteiger partial charge in [0, 0.05) is 40.6 Å². The highest BCUT2D eigenvalue weighted by atomic mass is 35.5. The molecule has 3 nitrogen and oxygen atoms in total. The van der Waals surface area contributed by atoms with E-state index in [1.54, 1.807) is 22.8 Å². The zero-order chi connectivity index (χ0) is 12.0. The average molecular weight is 268 g/mol. The van der Waals surface area contributed by atoms with Crippen LogP contribution in [0.2, 0.25) is 5.02 Å². The van der Waals surface area contributed by atoms with Crippen LogP contribution in [0.15, 0.2) is 34.1 Å². The highest BCUT2D eigenvalue weighted by Crippen LogP contribution is 2.23. The van der Waals surface area contributed by atoms with Gasteiger partial charge in [-0.15, -0.1) is 0 Å². The highest BCUT2D eigenvalue weighted by molar-refractivity contribution is 7.91. The molecule has 0 fully saturated rings. The lowest BCUT2D eigenvalue weighted by molar-refractivity contribution is 0.526. The summed E-state index contributed by atoms with van der Waals surface area (Å²) in [6.45, 7) is 0.641. The molecule has 5 heteroatoms. The second kappa shape index (κ2) is 4.05. The van der Waals surface area contributed by atoms with Crippen LogP contribution in [0.3, 0.4) is 0 Å². The first kappa shape index (κ1) is 11.1. The quantitative estimate of drug-likeness (QED) is 0.687. The fourth-order valence-corrected chi connectivity index (χ4v) is 3.61. The van der Waals surface area contributed by atoms with Crippen molar-refractivity contribution >= 4 is 33.5 Å². The van der Waals surface area contributed by atoms with Crippen molar-refractivity contribution in [1.29, 1.82) is 0 Å². The summed E-state index contributed by atoms with van der Waals surface area (Å²) >= 11 is 4.84. The average Bonchev–Trinajstić information content (AvgIpc) is 2.32. The van der Waals surface area contributed by atoms with Crippen molar-refractivity contribution in [2.45, 2.75) is 18.0 Å². The summed E-state index contributed by atoms with van der Waals surface area (Å²) in [7, 11) is 0. The summed E-state index contributed by atoms with van der Waals surface area (Å²) in [5.41, 5.74) is -0.0898. The predicted molar refractivity (Wildman–Crippen MR) is 69.1 cm³/mol. The van der Waals surface area contributed by atoms with Crippen molar-refractivity contribution in [1.82, 2.24) is 4.57 Å². The lowest BCUT2D eigenvalue weighted by atomic mass is 10.2. The maximum Gasteiger partial charge on any atom is 0.262 e. The molecule has 1 unspecified atom stereocenters. The highest BCUT2D eigenvalue weighted by Gasteiger charge is 2.23. The van der Waals surface area contributed by atoms with Gasteiger partial charge in [0.25, 0.3) is 5.56 Å². The minimum Gasteiger partial charge on any atom is -0.610 e. The van der Waals surface area contributed by atoms with E-state index < -0.39 is 11.2 Å². The lowest BCUT2D eigenvalue weighted by Crippen LogP contribution is -2.31. The molecule has 1 atom stereocenters. The smallest absolute Gasteiger partial charge is 0.262 e. The largest absolute Gasteiger partial charge is 0.610 e. The van der Waals surface area contributed by atoms with Crippen molar-refractivity contribution in [3.05, 3.63) is 39.6 Å². The number of aromatic nitrogens is 1. The first-order valence-corrected chi connectivity index (χ1v) is 7.08. The normalized spacial score (nSPS) is 19.3. The topological polar surface area (TPSA) is 45.1 Å². The van der Waals surface area contributed by atoms with Gasteiger partial charge in [-0.05, 0) is 17.5 Å². The van der Waals surface area contributed by atoms with E-state index in [0.29, 0.717) is 27.7 Å². The van der Waals surface area contributed by atoms with Crippen LogP contribution in [0.5, 0.6) is 0 Å². The fraction of sp³-hybridized carbons (Fsp3) is 0.250. The van der Waals surface area contributed by atoms with E-state index >= 15 is 0 Å². The van der Waals surface area contributed by atoms with Gasteiger partial charge in [0.05, 0.1) is 0 Å². The second-order valence-corrected chi connectivity index (χ2v) is 6.03. The van der Waals surface area contributed by atoms with Gasteiger partial charge in [-0.25, -0.2) is 0 Å². The van der Waals surface area contributed by atoms with Crippen LogP contribution in [0.25, 0.3) is 10.8 Å². The Hall–Kier alpha value is -0.970. The molecule has 1 aliphatic rings. The first-order valence-electron chi connectivity index (χ1n) is 5.38. The summed E-state index contributed by atoms with van der Waals surface area (Å²) in [5.74, 6) is 0.637. The predicted octanol–water partition coefficient (Wildman–Crippen LogP) is 2.17. The van der Waals surface area contributed by atoms with E-state index in [4.69, 9.17) is 11.6 Å². The fourth-order valence-electron chi connectivity index (χ4n) is 2.15. The van der Waals surface area contributed by atoms with Gasteiger partial charge < -0.3 is 4.55 Å². The van der Waals surface area contributed by atoms with Gasteiger partial charge in [-0.2, -0.15) is 0 Å². The minimum absolute atomic E-state index is 0.0898. The molecule has 3 rings (SSSR count). The summed E-state index contributed by atoms with van der Waals surface area (Å²) < 4.78 is 13.5. The number of nitrogens with zero attached hydrogens (tertiary/aromatic N) is 1. The number of hydrogen-bond donors (Lipinski definition) is 0. The number of halogens is 1. The second-order valence-electron chi connectivity index (χ2n) is 4.07. The van der Waals surface area contributed by atoms with Gasteiger partial charge in [0.1, 0.15) is 5.75 Å². The van der Waals surface area contributed by atoms with Gasteiger partial charge in [-0.3, -0.25) is 9.36 Å². The van der Waals surface area contributed by atoms with Crippen LogP contribution < -0.4 is 5.56 Å². The van der Waals surface area contributed by atoms with E-state index in [1.165, 1.54) is 0 Å². The number of rotatable bonds is 0. The Morgan fingerprint density at radius 2 is 2.18 bits per heavy atom. The first-order chi connectivity index (χ1) is 8.16. The third kappa shape index (κ3) is 1.76. The molecule has 2 heterocycles. The Morgan fingerprint density at radius 1 is 1.35 bits per heavy atom. The van der Waals surface area contributed by atoms with E-state index in [1.807, 2.05) is 6.07 Å². The molecule has 1 aromatic carbocycles. The Balaban J connectivity index is 2.39. The van der Waals surface area contributed by atoms with Gasteiger partial charge >= 0.3 is 0 Å². The summed E-state index contributed by atoms with van der Waals surface area (Å²) in [6.07, 6.45) is 0.783.